The fourth-order valence-corrected chi connectivity index (χ4v) is 3.20. The first-order chi connectivity index (χ1) is 18.0. The summed E-state index contributed by atoms with van der Waals surface area (Å²) in [5.74, 6) is 12.1. The molecule has 0 spiro atoms. The first-order valence-corrected chi connectivity index (χ1v) is 12.3. The molecule has 3 rings (SSSR count). The third-order valence-electron chi connectivity index (χ3n) is 4.80. The zero-order chi connectivity index (χ0) is 28.0. The maximum absolute atomic E-state index is 11.7. The van der Waals surface area contributed by atoms with E-state index < -0.39 is 17.8 Å². The van der Waals surface area contributed by atoms with E-state index in [0.717, 1.165) is 25.2 Å². The molecule has 202 valence electrons. The summed E-state index contributed by atoms with van der Waals surface area (Å²) in [6, 6.07) is 3.44. The summed E-state index contributed by atoms with van der Waals surface area (Å²) in [5.41, 5.74) is 1.89. The lowest BCUT2D eigenvalue weighted by atomic mass is 10.2. The second-order valence-electron chi connectivity index (χ2n) is 9.77. The van der Waals surface area contributed by atoms with Gasteiger partial charge in [-0.2, -0.15) is 0 Å². The summed E-state index contributed by atoms with van der Waals surface area (Å²) < 4.78 is 5.21. The highest BCUT2D eigenvalue weighted by Crippen LogP contribution is 2.15. The maximum Gasteiger partial charge on any atom is 0.412 e. The number of anilines is 2. The molecule has 2 aromatic rings. The number of hydrogen-bond acceptors (Lipinski definition) is 7. The molecule has 1 fully saturated rings. The first-order valence-electron chi connectivity index (χ1n) is 12.3. The standard InChI is InChI=1S/C15H21N3O2.C13H15N3O2/c1-15(2,3)20-14(19)17-13-11-16-9-8-12(13)7-6-10-18(4)5;17-13(18)15-12-8-11(9-14-10-12)4-3-7-16-5-1-2-6-16/h8-9,11H,10H2,1-5H3,(H,17,19);8-10,15H,1-2,5-7H2,(H,17,18). The number of carbonyl (C=O) groups excluding carboxylic acids is 1. The average Bonchev–Trinajstić information content (AvgIpc) is 3.33. The second kappa shape index (κ2) is 15.2. The van der Waals surface area contributed by atoms with Crippen molar-refractivity contribution in [3.8, 4) is 23.7 Å². The Morgan fingerprint density at radius 3 is 2.47 bits per heavy atom. The summed E-state index contributed by atoms with van der Waals surface area (Å²) in [6.45, 7) is 9.08. The van der Waals surface area contributed by atoms with Crippen LogP contribution in [-0.2, 0) is 4.74 Å². The quantitative estimate of drug-likeness (QED) is 0.518. The van der Waals surface area contributed by atoms with Gasteiger partial charge >= 0.3 is 12.2 Å². The van der Waals surface area contributed by atoms with Crippen LogP contribution in [-0.4, -0.2) is 82.9 Å². The largest absolute Gasteiger partial charge is 0.465 e. The molecule has 1 saturated heterocycles. The number of aromatic nitrogens is 2. The molecule has 38 heavy (non-hydrogen) atoms. The smallest absolute Gasteiger partial charge is 0.412 e. The van der Waals surface area contributed by atoms with E-state index >= 15 is 0 Å². The minimum absolute atomic E-state index is 0.440. The van der Waals surface area contributed by atoms with Gasteiger partial charge in [0.2, 0.25) is 0 Å². The van der Waals surface area contributed by atoms with Crippen LogP contribution in [0, 0.1) is 23.7 Å². The number of ether oxygens (including phenoxy) is 1. The molecule has 2 aromatic heterocycles. The minimum atomic E-state index is -1.10. The van der Waals surface area contributed by atoms with Crippen LogP contribution in [0.25, 0.3) is 0 Å². The van der Waals surface area contributed by atoms with Crippen molar-refractivity contribution in [2.75, 3.05) is 50.9 Å². The Balaban J connectivity index is 0.000000268. The number of hydrogen-bond donors (Lipinski definition) is 3. The Labute approximate surface area is 224 Å². The van der Waals surface area contributed by atoms with Crippen LogP contribution >= 0.6 is 0 Å². The molecule has 1 aliphatic rings. The zero-order valence-corrected chi connectivity index (χ0v) is 22.7. The number of nitrogens with zero attached hydrogens (tertiary/aromatic N) is 4. The van der Waals surface area contributed by atoms with Crippen LogP contribution in [0.15, 0.2) is 36.9 Å². The Hall–Kier alpha value is -4.12. The normalized spacial score (nSPS) is 12.7. The van der Waals surface area contributed by atoms with Gasteiger partial charge in [-0.1, -0.05) is 23.7 Å². The zero-order valence-electron chi connectivity index (χ0n) is 22.7. The van der Waals surface area contributed by atoms with Crippen molar-refractivity contribution < 1.29 is 19.4 Å². The van der Waals surface area contributed by atoms with Crippen LogP contribution in [0.1, 0.15) is 44.7 Å². The summed E-state index contributed by atoms with van der Waals surface area (Å²) in [5, 5.41) is 13.5. The predicted octanol–water partition coefficient (Wildman–Crippen LogP) is 3.96. The molecule has 0 aliphatic carbocycles. The van der Waals surface area contributed by atoms with E-state index in [4.69, 9.17) is 9.84 Å². The highest BCUT2D eigenvalue weighted by atomic mass is 16.6. The van der Waals surface area contributed by atoms with E-state index in [1.807, 2.05) is 39.8 Å². The molecular weight excluding hydrogens is 484 g/mol. The van der Waals surface area contributed by atoms with E-state index in [0.29, 0.717) is 23.5 Å². The van der Waals surface area contributed by atoms with Gasteiger partial charge in [-0.25, -0.2) is 9.59 Å². The highest BCUT2D eigenvalue weighted by Gasteiger charge is 2.17. The van der Waals surface area contributed by atoms with Crippen molar-refractivity contribution in [1.29, 1.82) is 0 Å². The molecule has 3 N–H and O–H groups in total. The topological polar surface area (TPSA) is 120 Å². The number of pyridine rings is 2. The molecule has 0 aromatic carbocycles. The average molecular weight is 521 g/mol. The van der Waals surface area contributed by atoms with Gasteiger partial charge in [-0.05, 0) is 72.9 Å². The summed E-state index contributed by atoms with van der Waals surface area (Å²) in [6.07, 6.45) is 7.18. The van der Waals surface area contributed by atoms with Crippen molar-refractivity contribution in [1.82, 2.24) is 19.8 Å². The van der Waals surface area contributed by atoms with Crippen molar-refractivity contribution >= 4 is 23.6 Å². The number of carbonyl (C=O) groups is 2. The van der Waals surface area contributed by atoms with E-state index in [9.17, 15) is 9.59 Å². The SMILES string of the molecule is CN(C)CC#Cc1ccncc1NC(=O)OC(C)(C)C.O=C(O)Nc1cncc(C#CCN2CCCC2)c1. The van der Waals surface area contributed by atoms with Gasteiger partial charge in [0, 0.05) is 18.0 Å². The van der Waals surface area contributed by atoms with E-state index in [-0.39, 0.29) is 0 Å². The third kappa shape index (κ3) is 12.7. The Morgan fingerprint density at radius 1 is 1.08 bits per heavy atom. The monoisotopic (exact) mass is 520 g/mol. The Bertz CT molecular complexity index is 1200. The lowest BCUT2D eigenvalue weighted by Crippen LogP contribution is -2.27. The van der Waals surface area contributed by atoms with Gasteiger partial charge in [0.1, 0.15) is 5.60 Å². The van der Waals surface area contributed by atoms with Crippen LogP contribution in [0.4, 0.5) is 21.0 Å². The molecule has 1 aliphatic heterocycles. The molecule has 0 radical (unpaired) electrons. The highest BCUT2D eigenvalue weighted by molar-refractivity contribution is 5.86. The molecule has 2 amide bonds. The van der Waals surface area contributed by atoms with Crippen molar-refractivity contribution in [2.24, 2.45) is 0 Å². The van der Waals surface area contributed by atoms with Crippen molar-refractivity contribution in [3.05, 3.63) is 48.0 Å². The fraction of sp³-hybridized carbons (Fsp3) is 0.429. The third-order valence-corrected chi connectivity index (χ3v) is 4.80. The molecule has 10 nitrogen and oxygen atoms in total. The van der Waals surface area contributed by atoms with E-state index in [1.54, 1.807) is 30.7 Å². The van der Waals surface area contributed by atoms with Crippen molar-refractivity contribution in [3.63, 3.8) is 0 Å². The number of amides is 2. The number of rotatable bonds is 4. The van der Waals surface area contributed by atoms with Crippen molar-refractivity contribution in [2.45, 2.75) is 39.2 Å². The van der Waals surface area contributed by atoms with E-state index in [1.165, 1.54) is 19.0 Å². The molecule has 10 heteroatoms. The number of nitrogens with one attached hydrogen (secondary N) is 2. The first kappa shape index (κ1) is 30.1. The van der Waals surface area contributed by atoms with Gasteiger partial charge < -0.3 is 9.84 Å². The Morgan fingerprint density at radius 2 is 1.82 bits per heavy atom. The van der Waals surface area contributed by atoms with Gasteiger partial charge in [-0.15, -0.1) is 0 Å². The van der Waals surface area contributed by atoms with Crippen LogP contribution in [0.3, 0.4) is 0 Å². The summed E-state index contributed by atoms with van der Waals surface area (Å²) in [7, 11) is 3.89. The molecular formula is C28H36N6O4. The minimum Gasteiger partial charge on any atom is -0.465 e. The van der Waals surface area contributed by atoms with Gasteiger partial charge in [0.25, 0.3) is 0 Å². The lowest BCUT2D eigenvalue weighted by Gasteiger charge is -2.19. The van der Waals surface area contributed by atoms with E-state index in [2.05, 4.69) is 49.2 Å². The van der Waals surface area contributed by atoms with Crippen LogP contribution in [0.5, 0.6) is 0 Å². The molecule has 0 atom stereocenters. The fourth-order valence-electron chi connectivity index (χ4n) is 3.20. The van der Waals surface area contributed by atoms with Crippen LogP contribution < -0.4 is 10.6 Å². The Kier molecular flexibility index (Phi) is 12.0. The lowest BCUT2D eigenvalue weighted by molar-refractivity contribution is 0.0635. The number of carboxylic acid groups (broad SMARTS) is 1. The molecule has 0 bridgehead atoms. The van der Waals surface area contributed by atoms with Gasteiger partial charge in [0.05, 0.1) is 42.4 Å². The maximum atomic E-state index is 11.7. The summed E-state index contributed by atoms with van der Waals surface area (Å²) >= 11 is 0. The van der Waals surface area contributed by atoms with Gasteiger partial charge in [-0.3, -0.25) is 30.4 Å². The second-order valence-corrected chi connectivity index (χ2v) is 9.77. The van der Waals surface area contributed by atoms with Crippen LogP contribution in [0.2, 0.25) is 0 Å². The molecule has 3 heterocycles. The molecule has 0 unspecified atom stereocenters. The number of likely N-dealkylation sites (tertiary alicyclic amines) is 1. The summed E-state index contributed by atoms with van der Waals surface area (Å²) in [4.78, 5) is 34.4. The predicted molar refractivity (Wildman–Crippen MR) is 148 cm³/mol. The molecule has 0 saturated carbocycles. The van der Waals surface area contributed by atoms with Gasteiger partial charge in [0.15, 0.2) is 0 Å².